The van der Waals surface area contributed by atoms with Gasteiger partial charge in [-0.1, -0.05) is 39.1 Å². The third-order valence-electron chi connectivity index (χ3n) is 3.40. The van der Waals surface area contributed by atoms with Crippen LogP contribution in [0.2, 0.25) is 0 Å². The van der Waals surface area contributed by atoms with Crippen molar-refractivity contribution >= 4 is 17.2 Å². The summed E-state index contributed by atoms with van der Waals surface area (Å²) in [6.45, 7) is 9.22. The highest BCUT2D eigenvalue weighted by Gasteiger charge is 2.18. The van der Waals surface area contributed by atoms with Crippen molar-refractivity contribution in [2.45, 2.75) is 40.0 Å². The van der Waals surface area contributed by atoms with Gasteiger partial charge >= 0.3 is 0 Å². The molecule has 2 nitrogen and oxygen atoms in total. The number of ether oxygens (including phenoxy) is 1. The van der Waals surface area contributed by atoms with Gasteiger partial charge in [-0.05, 0) is 42.5 Å². The second-order valence-corrected chi connectivity index (χ2v) is 5.32. The van der Waals surface area contributed by atoms with Crippen LogP contribution in [0.5, 0.6) is 5.75 Å². The standard InChI is InChI=1S/C15H23NOS/c1-5-8-17-13-6-7-14(10(2)9-13)11(3)12(4)15(16)18/h6-7,9,11-12H,5,8H2,1-4H3,(H2,16,18). The summed E-state index contributed by atoms with van der Waals surface area (Å²) in [7, 11) is 0. The van der Waals surface area contributed by atoms with E-state index in [-0.39, 0.29) is 5.92 Å². The fourth-order valence-corrected chi connectivity index (χ4v) is 2.19. The minimum atomic E-state index is 0.209. The molecule has 2 unspecified atom stereocenters. The third-order valence-corrected chi connectivity index (χ3v) is 3.78. The summed E-state index contributed by atoms with van der Waals surface area (Å²) in [6.07, 6.45) is 1.02. The van der Waals surface area contributed by atoms with Crippen molar-refractivity contribution in [2.24, 2.45) is 11.7 Å². The Kier molecular flexibility index (Phi) is 5.60. The van der Waals surface area contributed by atoms with Gasteiger partial charge in [-0.2, -0.15) is 0 Å². The first kappa shape index (κ1) is 15.0. The molecular weight excluding hydrogens is 242 g/mol. The number of nitrogens with two attached hydrogens (primary N) is 1. The summed E-state index contributed by atoms with van der Waals surface area (Å²) in [5, 5.41) is 0. The Bertz CT molecular complexity index is 417. The van der Waals surface area contributed by atoms with E-state index in [1.807, 2.05) is 6.07 Å². The molecule has 0 amide bonds. The zero-order chi connectivity index (χ0) is 13.7. The van der Waals surface area contributed by atoms with Gasteiger partial charge in [-0.15, -0.1) is 0 Å². The lowest BCUT2D eigenvalue weighted by molar-refractivity contribution is 0.317. The molecule has 0 heterocycles. The molecule has 0 fully saturated rings. The molecule has 3 heteroatoms. The van der Waals surface area contributed by atoms with Crippen molar-refractivity contribution < 1.29 is 4.74 Å². The summed E-state index contributed by atoms with van der Waals surface area (Å²) in [5.74, 6) is 1.48. The Hall–Kier alpha value is -1.09. The van der Waals surface area contributed by atoms with E-state index in [9.17, 15) is 0 Å². The van der Waals surface area contributed by atoms with Gasteiger partial charge in [0.05, 0.1) is 11.6 Å². The van der Waals surface area contributed by atoms with E-state index in [1.54, 1.807) is 0 Å². The summed E-state index contributed by atoms with van der Waals surface area (Å²) >= 11 is 5.07. The Labute approximate surface area is 116 Å². The molecule has 0 spiro atoms. The molecular formula is C15H23NOS. The van der Waals surface area contributed by atoms with Crippen LogP contribution >= 0.6 is 12.2 Å². The molecule has 0 aromatic heterocycles. The minimum Gasteiger partial charge on any atom is -0.494 e. The van der Waals surface area contributed by atoms with Crippen LogP contribution in [0, 0.1) is 12.8 Å². The van der Waals surface area contributed by atoms with Gasteiger partial charge in [0.15, 0.2) is 0 Å². The van der Waals surface area contributed by atoms with Crippen molar-refractivity contribution in [2.75, 3.05) is 6.61 Å². The normalized spacial score (nSPS) is 14.0. The molecule has 0 bridgehead atoms. The van der Waals surface area contributed by atoms with Crippen molar-refractivity contribution in [1.29, 1.82) is 0 Å². The van der Waals surface area contributed by atoms with E-state index in [1.165, 1.54) is 11.1 Å². The lowest BCUT2D eigenvalue weighted by Crippen LogP contribution is -2.23. The van der Waals surface area contributed by atoms with Gasteiger partial charge in [0, 0.05) is 5.92 Å². The molecule has 0 aliphatic carbocycles. The molecule has 2 N–H and O–H groups in total. The Balaban J connectivity index is 2.88. The van der Waals surface area contributed by atoms with E-state index in [2.05, 4.69) is 39.8 Å². The Morgan fingerprint density at radius 3 is 2.56 bits per heavy atom. The largest absolute Gasteiger partial charge is 0.494 e. The summed E-state index contributed by atoms with van der Waals surface area (Å²) < 4.78 is 5.63. The van der Waals surface area contributed by atoms with E-state index < -0.39 is 0 Å². The van der Waals surface area contributed by atoms with Crippen LogP contribution in [-0.4, -0.2) is 11.6 Å². The zero-order valence-electron chi connectivity index (χ0n) is 11.7. The van der Waals surface area contributed by atoms with Crippen LogP contribution in [0.25, 0.3) is 0 Å². The monoisotopic (exact) mass is 265 g/mol. The number of rotatable bonds is 6. The lowest BCUT2D eigenvalue weighted by atomic mass is 9.86. The number of thiocarbonyl (C=S) groups is 1. The van der Waals surface area contributed by atoms with Gasteiger partial charge < -0.3 is 10.5 Å². The van der Waals surface area contributed by atoms with Crippen LogP contribution in [0.1, 0.15) is 44.2 Å². The molecule has 0 saturated carbocycles. The highest BCUT2D eigenvalue weighted by Crippen LogP contribution is 2.29. The third kappa shape index (κ3) is 3.70. The maximum absolute atomic E-state index is 5.73. The number of hydrogen-bond acceptors (Lipinski definition) is 2. The van der Waals surface area contributed by atoms with Gasteiger partial charge in [0.25, 0.3) is 0 Å². The van der Waals surface area contributed by atoms with E-state index in [4.69, 9.17) is 22.7 Å². The first-order valence-corrected chi connectivity index (χ1v) is 6.90. The number of benzene rings is 1. The molecule has 1 aromatic rings. The molecule has 1 aromatic carbocycles. The van der Waals surface area contributed by atoms with Gasteiger partial charge in [-0.25, -0.2) is 0 Å². The summed E-state index contributed by atoms with van der Waals surface area (Å²) in [4.78, 5) is 0.577. The topological polar surface area (TPSA) is 35.2 Å². The second-order valence-electron chi connectivity index (χ2n) is 4.85. The quantitative estimate of drug-likeness (QED) is 0.794. The SMILES string of the molecule is CCCOc1ccc(C(C)C(C)C(N)=S)c(C)c1. The van der Waals surface area contributed by atoms with Crippen molar-refractivity contribution in [3.8, 4) is 5.75 Å². The predicted octanol–water partition coefficient (Wildman–Crippen LogP) is 3.81. The fourth-order valence-electron chi connectivity index (χ4n) is 1.98. The highest BCUT2D eigenvalue weighted by atomic mass is 32.1. The van der Waals surface area contributed by atoms with Crippen LogP contribution in [-0.2, 0) is 0 Å². The smallest absolute Gasteiger partial charge is 0.119 e. The highest BCUT2D eigenvalue weighted by molar-refractivity contribution is 7.80. The van der Waals surface area contributed by atoms with E-state index in [0.717, 1.165) is 18.8 Å². The number of hydrogen-bond donors (Lipinski definition) is 1. The van der Waals surface area contributed by atoms with Gasteiger partial charge in [0.1, 0.15) is 5.75 Å². The van der Waals surface area contributed by atoms with Gasteiger partial charge in [-0.3, -0.25) is 0 Å². The molecule has 1 rings (SSSR count). The lowest BCUT2D eigenvalue weighted by Gasteiger charge is -2.21. The summed E-state index contributed by atoms with van der Waals surface area (Å²) in [5.41, 5.74) is 8.25. The first-order valence-electron chi connectivity index (χ1n) is 6.50. The van der Waals surface area contributed by atoms with Crippen LogP contribution in [0.3, 0.4) is 0 Å². The summed E-state index contributed by atoms with van der Waals surface area (Å²) in [6, 6.07) is 6.24. The molecule has 2 atom stereocenters. The maximum atomic E-state index is 5.73. The van der Waals surface area contributed by atoms with Crippen LogP contribution in [0.15, 0.2) is 18.2 Å². The van der Waals surface area contributed by atoms with E-state index in [0.29, 0.717) is 10.9 Å². The van der Waals surface area contributed by atoms with Gasteiger partial charge in [0.2, 0.25) is 0 Å². The molecule has 0 aliphatic heterocycles. The number of aryl methyl sites for hydroxylation is 1. The molecule has 0 aliphatic rings. The van der Waals surface area contributed by atoms with Crippen molar-refractivity contribution in [1.82, 2.24) is 0 Å². The Morgan fingerprint density at radius 1 is 1.39 bits per heavy atom. The van der Waals surface area contributed by atoms with E-state index >= 15 is 0 Å². The molecule has 0 radical (unpaired) electrons. The van der Waals surface area contributed by atoms with Crippen LogP contribution in [0.4, 0.5) is 0 Å². The Morgan fingerprint density at radius 2 is 2.06 bits per heavy atom. The average molecular weight is 265 g/mol. The molecule has 18 heavy (non-hydrogen) atoms. The molecule has 100 valence electrons. The second kappa shape index (κ2) is 6.74. The predicted molar refractivity (Wildman–Crippen MR) is 81.3 cm³/mol. The molecule has 0 saturated heterocycles. The minimum absolute atomic E-state index is 0.209. The average Bonchev–Trinajstić information content (AvgIpc) is 2.34. The fraction of sp³-hybridized carbons (Fsp3) is 0.533. The maximum Gasteiger partial charge on any atom is 0.119 e. The zero-order valence-corrected chi connectivity index (χ0v) is 12.5. The first-order chi connectivity index (χ1) is 8.47. The van der Waals surface area contributed by atoms with Crippen molar-refractivity contribution in [3.63, 3.8) is 0 Å². The van der Waals surface area contributed by atoms with Crippen molar-refractivity contribution in [3.05, 3.63) is 29.3 Å². The van der Waals surface area contributed by atoms with Crippen LogP contribution < -0.4 is 10.5 Å².